The van der Waals surface area contributed by atoms with Gasteiger partial charge in [0.25, 0.3) is 5.91 Å². The van der Waals surface area contributed by atoms with Gasteiger partial charge in [0.2, 0.25) is 5.91 Å². The predicted octanol–water partition coefficient (Wildman–Crippen LogP) is 2.67. The molecule has 3 rings (SSSR count). The van der Waals surface area contributed by atoms with Gasteiger partial charge in [-0.05, 0) is 37.3 Å². The zero-order chi connectivity index (χ0) is 16.4. The van der Waals surface area contributed by atoms with Crippen LogP contribution >= 0.6 is 0 Å². The van der Waals surface area contributed by atoms with Crippen molar-refractivity contribution >= 4 is 17.5 Å². The molecule has 1 aliphatic rings. The third-order valence-electron chi connectivity index (χ3n) is 3.89. The first-order valence-corrected chi connectivity index (χ1v) is 7.46. The summed E-state index contributed by atoms with van der Waals surface area (Å²) in [6.45, 7) is 2.30. The van der Waals surface area contributed by atoms with Crippen molar-refractivity contribution in [3.05, 3.63) is 65.5 Å². The maximum Gasteiger partial charge on any atom is 0.251 e. The molecule has 0 radical (unpaired) electrons. The average Bonchev–Trinajstić information content (AvgIpc) is 2.88. The van der Waals surface area contributed by atoms with Crippen molar-refractivity contribution in [2.24, 2.45) is 0 Å². The predicted molar refractivity (Wildman–Crippen MR) is 85.8 cm³/mol. The Hall–Kier alpha value is -2.69. The molecule has 5 heteroatoms. The van der Waals surface area contributed by atoms with Gasteiger partial charge in [-0.2, -0.15) is 0 Å². The summed E-state index contributed by atoms with van der Waals surface area (Å²) in [6, 6.07) is 12.9. The molecule has 1 saturated heterocycles. The smallest absolute Gasteiger partial charge is 0.251 e. The molecular formula is C18H17FN2O2. The monoisotopic (exact) mass is 312 g/mol. The molecule has 1 heterocycles. The van der Waals surface area contributed by atoms with Crippen molar-refractivity contribution in [2.45, 2.75) is 19.4 Å². The van der Waals surface area contributed by atoms with E-state index < -0.39 is 0 Å². The van der Waals surface area contributed by atoms with Gasteiger partial charge < -0.3 is 10.2 Å². The van der Waals surface area contributed by atoms with Crippen LogP contribution in [0.5, 0.6) is 0 Å². The molecule has 0 bridgehead atoms. The van der Waals surface area contributed by atoms with Gasteiger partial charge in [0.05, 0.1) is 6.04 Å². The van der Waals surface area contributed by atoms with Gasteiger partial charge in [0.1, 0.15) is 5.82 Å². The Morgan fingerprint density at radius 1 is 1.22 bits per heavy atom. The Balaban J connectivity index is 1.68. The van der Waals surface area contributed by atoms with Crippen LogP contribution in [0.15, 0.2) is 48.5 Å². The molecule has 0 aliphatic carbocycles. The number of amides is 2. The number of rotatable bonds is 3. The topological polar surface area (TPSA) is 49.4 Å². The van der Waals surface area contributed by atoms with E-state index in [1.54, 1.807) is 24.3 Å². The number of halogens is 1. The quantitative estimate of drug-likeness (QED) is 0.947. The highest BCUT2D eigenvalue weighted by molar-refractivity contribution is 5.98. The fraction of sp³-hybridized carbons (Fsp3) is 0.222. The maximum atomic E-state index is 13.3. The van der Waals surface area contributed by atoms with Crippen LogP contribution in [0, 0.1) is 12.7 Å². The van der Waals surface area contributed by atoms with Crippen molar-refractivity contribution in [1.82, 2.24) is 5.32 Å². The Morgan fingerprint density at radius 3 is 2.65 bits per heavy atom. The largest absolute Gasteiger partial charge is 0.347 e. The maximum absolute atomic E-state index is 13.3. The number of nitrogens with zero attached hydrogens (tertiary/aromatic N) is 1. The van der Waals surface area contributed by atoms with Crippen LogP contribution in [0.1, 0.15) is 22.3 Å². The van der Waals surface area contributed by atoms with Crippen LogP contribution in [0.3, 0.4) is 0 Å². The summed E-state index contributed by atoms with van der Waals surface area (Å²) in [5.41, 5.74) is 2.16. The Kier molecular flexibility index (Phi) is 4.10. The molecule has 1 unspecified atom stereocenters. The minimum absolute atomic E-state index is 0.121. The second kappa shape index (κ2) is 6.20. The zero-order valence-corrected chi connectivity index (χ0v) is 12.8. The summed E-state index contributed by atoms with van der Waals surface area (Å²) in [5, 5.41) is 2.86. The number of carbonyl (C=O) groups excluding carboxylic acids is 2. The van der Waals surface area contributed by atoms with Gasteiger partial charge in [0, 0.05) is 24.2 Å². The van der Waals surface area contributed by atoms with E-state index in [1.165, 1.54) is 17.0 Å². The molecule has 118 valence electrons. The van der Waals surface area contributed by atoms with Crippen LogP contribution in [0.25, 0.3) is 0 Å². The molecule has 2 amide bonds. The van der Waals surface area contributed by atoms with Gasteiger partial charge in [-0.3, -0.25) is 9.59 Å². The van der Waals surface area contributed by atoms with E-state index in [0.29, 0.717) is 17.8 Å². The zero-order valence-electron chi connectivity index (χ0n) is 12.8. The number of aryl methyl sites for hydroxylation is 1. The van der Waals surface area contributed by atoms with E-state index >= 15 is 0 Å². The summed E-state index contributed by atoms with van der Waals surface area (Å²) in [6.07, 6.45) is 0.216. The van der Waals surface area contributed by atoms with Gasteiger partial charge in [0.15, 0.2) is 0 Å². The molecule has 2 aromatic rings. The molecule has 1 aliphatic heterocycles. The molecule has 1 atom stereocenters. The third kappa shape index (κ3) is 3.39. The third-order valence-corrected chi connectivity index (χ3v) is 3.89. The molecule has 1 N–H and O–H groups in total. The van der Waals surface area contributed by atoms with Gasteiger partial charge >= 0.3 is 0 Å². The van der Waals surface area contributed by atoms with E-state index in [1.807, 2.05) is 19.1 Å². The van der Waals surface area contributed by atoms with E-state index in [2.05, 4.69) is 5.32 Å². The van der Waals surface area contributed by atoms with Crippen molar-refractivity contribution in [3.63, 3.8) is 0 Å². The Bertz CT molecular complexity index is 743. The first-order valence-electron chi connectivity index (χ1n) is 7.46. The standard InChI is InChI=1S/C18H17FN2O2/c1-12-5-7-13(8-6-12)18(23)20-15-10-17(22)21(11-15)16-4-2-3-14(19)9-16/h2-9,15H,10-11H2,1H3,(H,20,23). The highest BCUT2D eigenvalue weighted by Crippen LogP contribution is 2.22. The summed E-state index contributed by atoms with van der Waals surface area (Å²) in [4.78, 5) is 25.8. The average molecular weight is 312 g/mol. The number of anilines is 1. The molecule has 4 nitrogen and oxygen atoms in total. The molecule has 1 fully saturated rings. The molecule has 2 aromatic carbocycles. The van der Waals surface area contributed by atoms with Crippen LogP contribution in [0.4, 0.5) is 10.1 Å². The van der Waals surface area contributed by atoms with Crippen LogP contribution < -0.4 is 10.2 Å². The summed E-state index contributed by atoms with van der Waals surface area (Å²) < 4.78 is 13.3. The van der Waals surface area contributed by atoms with Crippen LogP contribution in [0.2, 0.25) is 0 Å². The van der Waals surface area contributed by atoms with Gasteiger partial charge in [-0.25, -0.2) is 4.39 Å². The number of nitrogens with one attached hydrogen (secondary N) is 1. The van der Waals surface area contributed by atoms with Crippen molar-refractivity contribution < 1.29 is 14.0 Å². The normalized spacial score (nSPS) is 17.4. The van der Waals surface area contributed by atoms with Crippen molar-refractivity contribution in [1.29, 1.82) is 0 Å². The van der Waals surface area contributed by atoms with Gasteiger partial charge in [-0.15, -0.1) is 0 Å². The van der Waals surface area contributed by atoms with Crippen molar-refractivity contribution in [2.75, 3.05) is 11.4 Å². The first kappa shape index (κ1) is 15.2. The van der Waals surface area contributed by atoms with Crippen LogP contribution in [-0.2, 0) is 4.79 Å². The second-order valence-corrected chi connectivity index (χ2v) is 5.72. The lowest BCUT2D eigenvalue weighted by Crippen LogP contribution is -2.37. The first-order chi connectivity index (χ1) is 11.0. The van der Waals surface area contributed by atoms with E-state index in [-0.39, 0.29) is 30.1 Å². The number of carbonyl (C=O) groups is 2. The summed E-state index contributed by atoms with van der Waals surface area (Å²) in [7, 11) is 0. The SMILES string of the molecule is Cc1ccc(C(=O)NC2CC(=O)N(c3cccc(F)c3)C2)cc1. The van der Waals surface area contributed by atoms with Gasteiger partial charge in [-0.1, -0.05) is 23.8 Å². The Labute approximate surface area is 133 Å². The fourth-order valence-corrected chi connectivity index (χ4v) is 2.67. The lowest BCUT2D eigenvalue weighted by molar-refractivity contribution is -0.117. The molecule has 23 heavy (non-hydrogen) atoms. The minimum atomic E-state index is -0.387. The van der Waals surface area contributed by atoms with E-state index in [9.17, 15) is 14.0 Å². The summed E-state index contributed by atoms with van der Waals surface area (Å²) >= 11 is 0. The Morgan fingerprint density at radius 2 is 1.96 bits per heavy atom. The van der Waals surface area contributed by atoms with Crippen molar-refractivity contribution in [3.8, 4) is 0 Å². The van der Waals surface area contributed by atoms with E-state index in [4.69, 9.17) is 0 Å². The molecule has 0 aromatic heterocycles. The number of benzene rings is 2. The van der Waals surface area contributed by atoms with E-state index in [0.717, 1.165) is 5.56 Å². The second-order valence-electron chi connectivity index (χ2n) is 5.72. The molecular weight excluding hydrogens is 295 g/mol. The van der Waals surface area contributed by atoms with Crippen LogP contribution in [-0.4, -0.2) is 24.4 Å². The lowest BCUT2D eigenvalue weighted by Gasteiger charge is -2.17. The molecule has 0 spiro atoms. The highest BCUT2D eigenvalue weighted by atomic mass is 19.1. The highest BCUT2D eigenvalue weighted by Gasteiger charge is 2.31. The number of hydrogen-bond acceptors (Lipinski definition) is 2. The molecule has 0 saturated carbocycles. The number of hydrogen-bond donors (Lipinski definition) is 1. The fourth-order valence-electron chi connectivity index (χ4n) is 2.67. The summed E-state index contributed by atoms with van der Waals surface area (Å²) in [5.74, 6) is -0.712. The lowest BCUT2D eigenvalue weighted by atomic mass is 10.1. The minimum Gasteiger partial charge on any atom is -0.347 e.